The van der Waals surface area contributed by atoms with Crippen molar-refractivity contribution in [1.82, 2.24) is 15.5 Å². The highest BCUT2D eigenvalue weighted by Crippen LogP contribution is 2.32. The number of carbonyl (C=O) groups excluding carboxylic acids is 2. The maximum atomic E-state index is 12.2. The van der Waals surface area contributed by atoms with Gasteiger partial charge in [0, 0.05) is 23.8 Å². The van der Waals surface area contributed by atoms with Crippen LogP contribution in [0.2, 0.25) is 0 Å². The number of amides is 2. The van der Waals surface area contributed by atoms with Gasteiger partial charge in [-0.15, -0.1) is 5.10 Å². The van der Waals surface area contributed by atoms with Crippen molar-refractivity contribution >= 4 is 17.9 Å². The molecule has 2 amide bonds. The third-order valence-corrected chi connectivity index (χ3v) is 6.73. The molecule has 0 unspecified atom stereocenters. The Kier molecular flexibility index (Phi) is 9.51. The van der Waals surface area contributed by atoms with Gasteiger partial charge in [0.15, 0.2) is 0 Å². The van der Waals surface area contributed by atoms with Gasteiger partial charge in [0.1, 0.15) is 30.0 Å². The third kappa shape index (κ3) is 7.02. The van der Waals surface area contributed by atoms with Crippen LogP contribution in [0.1, 0.15) is 61.6 Å². The molecule has 214 valence electrons. The Morgan fingerprint density at radius 2 is 1.92 bits per heavy atom. The number of H-pyrrole nitrogens is 1. The molecule has 0 spiro atoms. The molecular weight excluding hydrogens is 508 g/mol. The van der Waals surface area contributed by atoms with E-state index in [1.165, 1.54) is 19.9 Å². The van der Waals surface area contributed by atoms with Crippen molar-refractivity contribution in [3.63, 3.8) is 0 Å². The van der Waals surface area contributed by atoms with Crippen LogP contribution < -0.4 is 15.8 Å². The second-order valence-corrected chi connectivity index (χ2v) is 10.6. The summed E-state index contributed by atoms with van der Waals surface area (Å²) in [7, 11) is 0. The van der Waals surface area contributed by atoms with Crippen LogP contribution in [0.5, 0.6) is 5.88 Å². The number of hydrogen-bond donors (Lipinski definition) is 7. The summed E-state index contributed by atoms with van der Waals surface area (Å²) in [5, 5.41) is 49.8. The Bertz CT molecular complexity index is 1210. The quantitative estimate of drug-likeness (QED) is 0.200. The number of nitrogens with zero attached hydrogens (tertiary/aromatic N) is 1. The van der Waals surface area contributed by atoms with Crippen LogP contribution >= 0.6 is 0 Å². The van der Waals surface area contributed by atoms with E-state index >= 15 is 0 Å². The van der Waals surface area contributed by atoms with Crippen LogP contribution in [0.4, 0.5) is 0 Å². The number of ether oxygens (including phenoxy) is 2. The lowest BCUT2D eigenvalue weighted by atomic mass is 9.95. The lowest BCUT2D eigenvalue weighted by Crippen LogP contribution is -2.60. The van der Waals surface area contributed by atoms with Crippen LogP contribution in [-0.2, 0) is 20.7 Å². The first-order valence-electron chi connectivity index (χ1n) is 12.7. The van der Waals surface area contributed by atoms with E-state index in [4.69, 9.17) is 15.2 Å². The van der Waals surface area contributed by atoms with Crippen LogP contribution in [0.3, 0.4) is 0 Å². The van der Waals surface area contributed by atoms with E-state index in [9.17, 15) is 30.0 Å². The monoisotopic (exact) mass is 546 g/mol. The molecule has 2 aromatic rings. The fraction of sp³-hybridized carbons (Fsp3) is 0.519. The van der Waals surface area contributed by atoms with Crippen molar-refractivity contribution in [2.75, 3.05) is 6.61 Å². The summed E-state index contributed by atoms with van der Waals surface area (Å²) in [6.45, 7) is 8.38. The Hall–Kier alpha value is -3.29. The van der Waals surface area contributed by atoms with E-state index in [1.54, 1.807) is 6.08 Å². The van der Waals surface area contributed by atoms with Crippen LogP contribution in [0.15, 0.2) is 24.3 Å². The number of aryl methyl sites for hydroxylation is 1. The van der Waals surface area contributed by atoms with Crippen LogP contribution in [-0.4, -0.2) is 85.3 Å². The number of benzene rings is 1. The largest absolute Gasteiger partial charge is 0.443 e. The summed E-state index contributed by atoms with van der Waals surface area (Å²) in [6, 6.07) is 5.67. The average molecular weight is 547 g/mol. The van der Waals surface area contributed by atoms with E-state index < -0.39 is 54.7 Å². The Balaban J connectivity index is 1.80. The van der Waals surface area contributed by atoms with Gasteiger partial charge in [0.25, 0.3) is 0 Å². The zero-order chi connectivity index (χ0) is 29.1. The number of aliphatic hydroxyl groups excluding tert-OH is 4. The van der Waals surface area contributed by atoms with Gasteiger partial charge in [-0.3, -0.25) is 14.7 Å². The van der Waals surface area contributed by atoms with Crippen molar-refractivity contribution in [2.45, 2.75) is 83.2 Å². The summed E-state index contributed by atoms with van der Waals surface area (Å²) in [6.07, 6.45) is -3.71. The lowest BCUT2D eigenvalue weighted by Gasteiger charge is -2.39. The number of rotatable bonds is 10. The highest BCUT2D eigenvalue weighted by atomic mass is 16.7. The van der Waals surface area contributed by atoms with Crippen molar-refractivity contribution in [2.24, 2.45) is 5.73 Å². The molecule has 0 radical (unpaired) electrons. The third-order valence-electron chi connectivity index (χ3n) is 6.73. The second-order valence-electron chi connectivity index (χ2n) is 10.6. The van der Waals surface area contributed by atoms with Gasteiger partial charge < -0.3 is 41.0 Å². The van der Waals surface area contributed by atoms with Gasteiger partial charge in [0.05, 0.1) is 6.61 Å². The molecule has 3 rings (SSSR count). The Morgan fingerprint density at radius 1 is 1.23 bits per heavy atom. The normalized spacial score (nSPS) is 23.8. The van der Waals surface area contributed by atoms with Crippen molar-refractivity contribution in [1.29, 1.82) is 0 Å². The molecule has 1 saturated heterocycles. The van der Waals surface area contributed by atoms with Gasteiger partial charge in [-0.2, -0.15) is 0 Å². The average Bonchev–Trinajstić information content (AvgIpc) is 3.26. The van der Waals surface area contributed by atoms with E-state index in [0.29, 0.717) is 6.42 Å². The molecule has 2 heterocycles. The number of carbonyl (C=O) groups is 2. The zero-order valence-corrected chi connectivity index (χ0v) is 22.7. The van der Waals surface area contributed by atoms with E-state index in [-0.39, 0.29) is 11.8 Å². The second kappa shape index (κ2) is 12.3. The molecule has 12 heteroatoms. The smallest absolute Gasteiger partial charge is 0.244 e. The fourth-order valence-electron chi connectivity index (χ4n) is 4.18. The molecule has 0 saturated carbocycles. The highest BCUT2D eigenvalue weighted by molar-refractivity contribution is 5.96. The molecule has 1 aromatic carbocycles. The number of aromatic nitrogens is 2. The van der Waals surface area contributed by atoms with E-state index in [0.717, 1.165) is 27.9 Å². The number of primary amides is 1. The molecule has 5 atom stereocenters. The van der Waals surface area contributed by atoms with Gasteiger partial charge in [-0.05, 0) is 49.5 Å². The van der Waals surface area contributed by atoms with Gasteiger partial charge in [0.2, 0.25) is 24.0 Å². The molecular formula is C27H38N4O8. The SMILES string of the molecule is Cc1cc(C=CC(=O)NC(C)(C)C(N)=O)ccc1Cc1c(O[C@@H]2O[C@H](CO)[C@@H](O)[C@H](O)[C@H]2O)n[nH]c1C(C)C. The number of aliphatic hydroxyl groups is 4. The minimum atomic E-state index is -1.57. The van der Waals surface area contributed by atoms with Crippen molar-refractivity contribution < 1.29 is 39.5 Å². The molecule has 1 aromatic heterocycles. The number of hydrogen-bond acceptors (Lipinski definition) is 9. The minimum absolute atomic E-state index is 0.0605. The predicted molar refractivity (Wildman–Crippen MR) is 142 cm³/mol. The summed E-state index contributed by atoms with van der Waals surface area (Å²) in [5.41, 5.74) is 8.32. The van der Waals surface area contributed by atoms with Crippen LogP contribution in [0.25, 0.3) is 6.08 Å². The molecule has 39 heavy (non-hydrogen) atoms. The number of aromatic amines is 1. The van der Waals surface area contributed by atoms with Crippen molar-refractivity contribution in [3.8, 4) is 5.88 Å². The van der Waals surface area contributed by atoms with Gasteiger partial charge >= 0.3 is 0 Å². The Morgan fingerprint density at radius 3 is 2.51 bits per heavy atom. The number of nitrogens with two attached hydrogens (primary N) is 1. The first-order chi connectivity index (χ1) is 18.2. The molecule has 1 aliphatic rings. The molecule has 0 aliphatic carbocycles. The first kappa shape index (κ1) is 30.3. The molecule has 1 aliphatic heterocycles. The molecule has 12 nitrogen and oxygen atoms in total. The maximum Gasteiger partial charge on any atom is 0.244 e. The standard InChI is InChI=1S/C27H38N4O8/c1-13(2)20-17(24(31-30-20)39-25-23(36)22(35)21(34)18(12-32)38-25)11-16-8-6-15(10-14(16)3)7-9-19(33)29-27(4,5)26(28)37/h6-10,13,18,21-23,25,32,34-36H,11-12H2,1-5H3,(H2,28,37)(H,29,33)(H,30,31)/t18-,21-,22+,23-,25+/m1/s1. The lowest BCUT2D eigenvalue weighted by molar-refractivity contribution is -0.278. The maximum absolute atomic E-state index is 12.2. The summed E-state index contributed by atoms with van der Waals surface area (Å²) >= 11 is 0. The predicted octanol–water partition coefficient (Wildman–Crippen LogP) is 0.00432. The summed E-state index contributed by atoms with van der Waals surface area (Å²) in [5.74, 6) is -0.861. The van der Waals surface area contributed by atoms with Crippen LogP contribution in [0, 0.1) is 6.92 Å². The minimum Gasteiger partial charge on any atom is -0.443 e. The first-order valence-corrected chi connectivity index (χ1v) is 12.7. The summed E-state index contributed by atoms with van der Waals surface area (Å²) < 4.78 is 11.3. The molecule has 1 fully saturated rings. The molecule has 0 bridgehead atoms. The topological polar surface area (TPSA) is 200 Å². The van der Waals surface area contributed by atoms with E-state index in [1.807, 2.05) is 39.0 Å². The fourth-order valence-corrected chi connectivity index (χ4v) is 4.18. The van der Waals surface area contributed by atoms with Gasteiger partial charge in [-0.1, -0.05) is 32.0 Å². The zero-order valence-electron chi connectivity index (χ0n) is 22.7. The van der Waals surface area contributed by atoms with Crippen molar-refractivity contribution in [3.05, 3.63) is 52.2 Å². The van der Waals surface area contributed by atoms with E-state index in [2.05, 4.69) is 15.5 Å². The van der Waals surface area contributed by atoms with Gasteiger partial charge in [-0.25, -0.2) is 0 Å². The summed E-state index contributed by atoms with van der Waals surface area (Å²) in [4.78, 5) is 23.6. The molecule has 8 N–H and O–H groups in total. The number of nitrogens with one attached hydrogen (secondary N) is 2. The Labute approximate surface area is 226 Å². The highest BCUT2D eigenvalue weighted by Gasteiger charge is 2.45.